The van der Waals surface area contributed by atoms with E-state index in [0.717, 1.165) is 28.6 Å². The summed E-state index contributed by atoms with van der Waals surface area (Å²) in [5.74, 6) is -0.673. The van der Waals surface area contributed by atoms with Crippen LogP contribution in [0.2, 0.25) is 0 Å². The number of anilines is 1. The van der Waals surface area contributed by atoms with Crippen LogP contribution in [0.1, 0.15) is 44.4 Å². The van der Waals surface area contributed by atoms with Crippen LogP contribution in [0.15, 0.2) is 48.5 Å². The van der Waals surface area contributed by atoms with Crippen LogP contribution in [0, 0.1) is 18.8 Å². The van der Waals surface area contributed by atoms with Crippen molar-refractivity contribution in [3.8, 4) is 0 Å². The molecule has 0 saturated heterocycles. The van der Waals surface area contributed by atoms with Gasteiger partial charge >= 0.3 is 5.97 Å². The Morgan fingerprint density at radius 3 is 2.55 bits per heavy atom. The lowest BCUT2D eigenvalue weighted by Crippen LogP contribution is -2.50. The first kappa shape index (κ1) is 21.1. The van der Waals surface area contributed by atoms with Crippen LogP contribution in [0.4, 0.5) is 5.95 Å². The molecule has 0 fully saturated rings. The van der Waals surface area contributed by atoms with Crippen LogP contribution in [-0.4, -0.2) is 34.6 Å². The minimum atomic E-state index is -0.960. The van der Waals surface area contributed by atoms with Gasteiger partial charge in [-0.1, -0.05) is 50.2 Å². The number of ether oxygens (including phenoxy) is 1. The fourth-order valence-corrected chi connectivity index (χ4v) is 4.34. The van der Waals surface area contributed by atoms with E-state index >= 15 is 0 Å². The fraction of sp³-hybridized carbons (Fsp3) is 0.400. The Hall–Kier alpha value is -3.15. The SMILES string of the molecule is CCOC(=O)C1C(=O)N(CCC(C)C)c2nc3ccccc3n2C1c1ccccc1C. The van der Waals surface area contributed by atoms with Crippen LogP contribution in [0.3, 0.4) is 0 Å². The lowest BCUT2D eigenvalue weighted by Gasteiger charge is -2.38. The minimum Gasteiger partial charge on any atom is -0.465 e. The topological polar surface area (TPSA) is 64.4 Å². The van der Waals surface area contributed by atoms with Crippen molar-refractivity contribution in [3.63, 3.8) is 0 Å². The second-order valence-electron chi connectivity index (χ2n) is 8.47. The molecular weight excluding hydrogens is 390 g/mol. The van der Waals surface area contributed by atoms with Gasteiger partial charge in [0, 0.05) is 6.54 Å². The van der Waals surface area contributed by atoms with Gasteiger partial charge in [-0.15, -0.1) is 0 Å². The number of imidazole rings is 1. The molecule has 6 nitrogen and oxygen atoms in total. The Kier molecular flexibility index (Phi) is 5.81. The van der Waals surface area contributed by atoms with Crippen molar-refractivity contribution < 1.29 is 14.3 Å². The monoisotopic (exact) mass is 419 g/mol. The second-order valence-corrected chi connectivity index (χ2v) is 8.47. The summed E-state index contributed by atoms with van der Waals surface area (Å²) in [6.45, 7) is 8.75. The summed E-state index contributed by atoms with van der Waals surface area (Å²) in [7, 11) is 0. The highest BCUT2D eigenvalue weighted by molar-refractivity contribution is 6.08. The van der Waals surface area contributed by atoms with Crippen LogP contribution < -0.4 is 4.90 Å². The molecule has 0 spiro atoms. The van der Waals surface area contributed by atoms with Gasteiger partial charge in [-0.25, -0.2) is 4.98 Å². The van der Waals surface area contributed by atoms with Crippen molar-refractivity contribution in [1.82, 2.24) is 9.55 Å². The first-order valence-electron chi connectivity index (χ1n) is 10.9. The molecule has 31 heavy (non-hydrogen) atoms. The number of fused-ring (bicyclic) bond motifs is 3. The number of aromatic nitrogens is 2. The van der Waals surface area contributed by atoms with Crippen molar-refractivity contribution in [3.05, 3.63) is 59.7 Å². The summed E-state index contributed by atoms with van der Waals surface area (Å²) in [5, 5.41) is 0. The van der Waals surface area contributed by atoms with Crippen LogP contribution >= 0.6 is 0 Å². The van der Waals surface area contributed by atoms with Crippen molar-refractivity contribution in [2.24, 2.45) is 11.8 Å². The summed E-state index contributed by atoms with van der Waals surface area (Å²) >= 11 is 0. The van der Waals surface area contributed by atoms with E-state index in [4.69, 9.17) is 9.72 Å². The van der Waals surface area contributed by atoms with E-state index in [1.165, 1.54) is 0 Å². The first-order chi connectivity index (χ1) is 14.9. The minimum absolute atomic E-state index is 0.229. The Morgan fingerprint density at radius 1 is 1.13 bits per heavy atom. The Bertz CT molecular complexity index is 1120. The van der Waals surface area contributed by atoms with E-state index in [2.05, 4.69) is 18.4 Å². The van der Waals surface area contributed by atoms with E-state index in [-0.39, 0.29) is 12.5 Å². The molecule has 3 aromatic rings. The highest BCUT2D eigenvalue weighted by Gasteiger charge is 2.48. The zero-order valence-corrected chi connectivity index (χ0v) is 18.5. The van der Waals surface area contributed by atoms with Crippen molar-refractivity contribution in [1.29, 1.82) is 0 Å². The zero-order valence-electron chi connectivity index (χ0n) is 18.5. The molecule has 1 amide bonds. The van der Waals surface area contributed by atoms with Gasteiger partial charge in [-0.3, -0.25) is 14.5 Å². The average Bonchev–Trinajstić information content (AvgIpc) is 3.12. The number of rotatable bonds is 6. The van der Waals surface area contributed by atoms with Crippen molar-refractivity contribution >= 4 is 28.9 Å². The van der Waals surface area contributed by atoms with Crippen LogP contribution in [-0.2, 0) is 14.3 Å². The normalized spacial score (nSPS) is 18.5. The number of benzene rings is 2. The van der Waals surface area contributed by atoms with Crippen molar-refractivity contribution in [2.75, 3.05) is 18.1 Å². The number of hydrogen-bond donors (Lipinski definition) is 0. The average molecular weight is 420 g/mol. The Morgan fingerprint density at radius 2 is 1.84 bits per heavy atom. The molecule has 2 heterocycles. The lowest BCUT2D eigenvalue weighted by molar-refractivity contribution is -0.153. The van der Waals surface area contributed by atoms with E-state index in [0.29, 0.717) is 18.4 Å². The highest BCUT2D eigenvalue weighted by Crippen LogP contribution is 2.42. The van der Waals surface area contributed by atoms with Gasteiger partial charge in [-0.05, 0) is 49.4 Å². The molecule has 0 radical (unpaired) electrons. The summed E-state index contributed by atoms with van der Waals surface area (Å²) in [5.41, 5.74) is 3.67. The fourth-order valence-electron chi connectivity index (χ4n) is 4.34. The number of amides is 1. The summed E-state index contributed by atoms with van der Waals surface area (Å²) in [6, 6.07) is 15.2. The predicted molar refractivity (Wildman–Crippen MR) is 121 cm³/mol. The Labute approximate surface area is 182 Å². The van der Waals surface area contributed by atoms with Gasteiger partial charge < -0.3 is 9.30 Å². The molecule has 2 unspecified atom stereocenters. The quantitative estimate of drug-likeness (QED) is 0.436. The van der Waals surface area contributed by atoms with E-state index in [1.54, 1.807) is 11.8 Å². The second kappa shape index (κ2) is 8.53. The molecule has 1 aromatic heterocycles. The van der Waals surface area contributed by atoms with Crippen LogP contribution in [0.5, 0.6) is 0 Å². The van der Waals surface area contributed by atoms with Gasteiger partial charge in [0.1, 0.15) is 0 Å². The molecular formula is C25H29N3O3. The molecule has 2 atom stereocenters. The smallest absolute Gasteiger partial charge is 0.321 e. The van der Waals surface area contributed by atoms with Gasteiger partial charge in [0.15, 0.2) is 5.92 Å². The third kappa shape index (κ3) is 3.71. The van der Waals surface area contributed by atoms with Gasteiger partial charge in [0.2, 0.25) is 11.9 Å². The van der Waals surface area contributed by atoms with Gasteiger partial charge in [0.25, 0.3) is 0 Å². The molecule has 1 aliphatic rings. The number of aryl methyl sites for hydroxylation is 1. The molecule has 0 N–H and O–H groups in total. The maximum atomic E-state index is 13.8. The maximum Gasteiger partial charge on any atom is 0.321 e. The van der Waals surface area contributed by atoms with E-state index < -0.39 is 17.9 Å². The molecule has 0 saturated carbocycles. The first-order valence-corrected chi connectivity index (χ1v) is 10.9. The lowest BCUT2D eigenvalue weighted by atomic mass is 9.87. The number of nitrogens with zero attached hydrogens (tertiary/aromatic N) is 3. The molecule has 0 aliphatic carbocycles. The number of para-hydroxylation sites is 2. The largest absolute Gasteiger partial charge is 0.465 e. The van der Waals surface area contributed by atoms with E-state index in [1.807, 2.05) is 55.5 Å². The summed E-state index contributed by atoms with van der Waals surface area (Å²) < 4.78 is 7.46. The van der Waals surface area contributed by atoms with Crippen molar-refractivity contribution in [2.45, 2.75) is 40.2 Å². The molecule has 4 rings (SSSR count). The number of carbonyl (C=O) groups excluding carboxylic acids is 2. The van der Waals surface area contributed by atoms with Gasteiger partial charge in [0.05, 0.1) is 23.7 Å². The molecule has 1 aliphatic heterocycles. The summed E-state index contributed by atoms with van der Waals surface area (Å²) in [4.78, 5) is 33.4. The maximum absolute atomic E-state index is 13.8. The Balaban J connectivity index is 1.98. The number of hydrogen-bond acceptors (Lipinski definition) is 4. The summed E-state index contributed by atoms with van der Waals surface area (Å²) in [6.07, 6.45) is 0.819. The highest BCUT2D eigenvalue weighted by atomic mass is 16.5. The van der Waals surface area contributed by atoms with Crippen LogP contribution in [0.25, 0.3) is 11.0 Å². The third-order valence-corrected chi connectivity index (χ3v) is 5.92. The van der Waals surface area contributed by atoms with E-state index in [9.17, 15) is 9.59 Å². The van der Waals surface area contributed by atoms with Gasteiger partial charge in [-0.2, -0.15) is 0 Å². The predicted octanol–water partition coefficient (Wildman–Crippen LogP) is 4.51. The third-order valence-electron chi connectivity index (χ3n) is 5.92. The molecule has 0 bridgehead atoms. The number of esters is 1. The molecule has 162 valence electrons. The molecule has 6 heteroatoms. The zero-order chi connectivity index (χ0) is 22.1. The standard InChI is InChI=1S/C25H29N3O3/c1-5-31-24(30)21-22(18-11-7-6-10-17(18)4)28-20-13-9-8-12-19(20)26-25(28)27(23(21)29)15-14-16(2)3/h6-13,16,21-22H,5,14-15H2,1-4H3. The number of carbonyl (C=O) groups is 2. The molecule has 2 aromatic carbocycles.